The van der Waals surface area contributed by atoms with Gasteiger partial charge in [0.1, 0.15) is 6.79 Å². The summed E-state index contributed by atoms with van der Waals surface area (Å²) in [7, 11) is 5.45. The quantitative estimate of drug-likeness (QED) is 0.0472. The van der Waals surface area contributed by atoms with Crippen molar-refractivity contribution in [2.45, 2.75) is 241 Å². The number of carboxylic acid groups (broad SMARTS) is 1. The highest BCUT2D eigenvalue weighted by molar-refractivity contribution is 5.36. The van der Waals surface area contributed by atoms with Crippen molar-refractivity contribution < 1.29 is 29.3 Å². The molecule has 0 bridgehead atoms. The van der Waals surface area contributed by atoms with Gasteiger partial charge in [0.25, 0.3) is 12.9 Å². The number of aliphatic hydroxyl groups is 1. The van der Waals surface area contributed by atoms with Gasteiger partial charge in [0.15, 0.2) is 0 Å². The van der Waals surface area contributed by atoms with Crippen LogP contribution < -0.4 is 0 Å². The molecule has 2 unspecified atom stereocenters. The Morgan fingerprint density at radius 1 is 0.509 bits per heavy atom. The molecule has 0 aromatic rings. The molecule has 0 fully saturated rings. The minimum Gasteiger partial charge on any atom is -0.483 e. The highest BCUT2D eigenvalue weighted by Crippen LogP contribution is 2.26. The maximum absolute atomic E-state index is 10.0. The zero-order valence-electron chi connectivity index (χ0n) is 40.4. The molecule has 0 spiro atoms. The van der Waals surface area contributed by atoms with Crippen LogP contribution >= 0.6 is 0 Å². The van der Waals surface area contributed by atoms with E-state index >= 15 is 0 Å². The highest BCUT2D eigenvalue weighted by atomic mass is 16.5. The Hall–Kier alpha value is -1.47. The molecule has 7 nitrogen and oxygen atoms in total. The van der Waals surface area contributed by atoms with E-state index in [4.69, 9.17) is 24.5 Å². The van der Waals surface area contributed by atoms with Gasteiger partial charge in [-0.3, -0.25) is 9.59 Å². The minimum absolute atomic E-state index is 0.250. The molecule has 0 saturated carbocycles. The number of carbonyl (C=O) groups is 3. The first-order valence-corrected chi connectivity index (χ1v) is 24.1. The Morgan fingerprint density at radius 2 is 0.807 bits per heavy atom. The van der Waals surface area contributed by atoms with Crippen LogP contribution in [-0.4, -0.2) is 69.2 Å². The van der Waals surface area contributed by atoms with Crippen LogP contribution in [0.2, 0.25) is 0 Å². The molecule has 0 radical (unpaired) electrons. The lowest BCUT2D eigenvalue weighted by molar-refractivity contribution is -0.130. The van der Waals surface area contributed by atoms with Gasteiger partial charge in [-0.2, -0.15) is 0 Å². The summed E-state index contributed by atoms with van der Waals surface area (Å²) < 4.78 is 4.81. The average Bonchev–Trinajstić information content (AvgIpc) is 3.19. The van der Waals surface area contributed by atoms with Crippen molar-refractivity contribution in [3.63, 3.8) is 0 Å². The van der Waals surface area contributed by atoms with Crippen molar-refractivity contribution in [1.29, 1.82) is 0 Å². The van der Waals surface area contributed by atoms with Crippen LogP contribution in [0.4, 0.5) is 0 Å². The maximum atomic E-state index is 10.0. The summed E-state index contributed by atoms with van der Waals surface area (Å²) in [6.45, 7) is 19.9. The Bertz CT molecular complexity index is 694. The smallest absolute Gasteiger partial charge is 0.293 e. The molecule has 0 aromatic heterocycles. The zero-order valence-corrected chi connectivity index (χ0v) is 40.4. The Labute approximate surface area is 358 Å². The summed E-state index contributed by atoms with van der Waals surface area (Å²) in [6, 6.07) is 0. The molecular formula is C50H105NO6. The Balaban J connectivity index is -0.000000372. The molecule has 57 heavy (non-hydrogen) atoms. The highest BCUT2D eigenvalue weighted by Gasteiger charge is 2.14. The van der Waals surface area contributed by atoms with Gasteiger partial charge in [-0.15, -0.1) is 0 Å². The summed E-state index contributed by atoms with van der Waals surface area (Å²) in [5.41, 5.74) is 0. The summed E-state index contributed by atoms with van der Waals surface area (Å²) in [4.78, 5) is 28.8. The van der Waals surface area contributed by atoms with E-state index in [1.165, 1.54) is 193 Å². The Kier molecular flexibility index (Phi) is 66.8. The van der Waals surface area contributed by atoms with Crippen molar-refractivity contribution in [1.82, 2.24) is 4.90 Å². The van der Waals surface area contributed by atoms with Crippen molar-refractivity contribution in [2.24, 2.45) is 29.6 Å². The molecule has 0 aliphatic heterocycles. The summed E-state index contributed by atoms with van der Waals surface area (Å²) >= 11 is 0. The number of hydrogen-bond donors (Lipinski definition) is 2. The van der Waals surface area contributed by atoms with Crippen LogP contribution in [0.5, 0.6) is 0 Å². The fraction of sp³-hybridized carbons (Fsp3) is 0.940. The topological polar surface area (TPSA) is 104 Å². The molecule has 2 atom stereocenters. The van der Waals surface area contributed by atoms with Gasteiger partial charge in [-0.25, -0.2) is 0 Å². The average molecular weight is 816 g/mol. The predicted molar refractivity (Wildman–Crippen MR) is 250 cm³/mol. The first-order chi connectivity index (χ1) is 27.6. The number of rotatable bonds is 38. The molecule has 0 aliphatic rings. The van der Waals surface area contributed by atoms with E-state index in [0.29, 0.717) is 24.9 Å². The molecule has 0 heterocycles. The summed E-state index contributed by atoms with van der Waals surface area (Å²) in [5.74, 6) is 3.88. The third-order valence-corrected chi connectivity index (χ3v) is 11.3. The van der Waals surface area contributed by atoms with Gasteiger partial charge in [-0.1, -0.05) is 222 Å². The lowest BCUT2D eigenvalue weighted by Crippen LogP contribution is -2.16. The second-order valence-electron chi connectivity index (χ2n) is 17.5. The van der Waals surface area contributed by atoms with Gasteiger partial charge < -0.3 is 24.6 Å². The van der Waals surface area contributed by atoms with E-state index in [9.17, 15) is 4.79 Å². The molecular weight excluding hydrogens is 711 g/mol. The van der Waals surface area contributed by atoms with Crippen molar-refractivity contribution >= 4 is 19.7 Å². The zero-order chi connectivity index (χ0) is 44.2. The monoisotopic (exact) mass is 816 g/mol. The van der Waals surface area contributed by atoms with Crippen molar-refractivity contribution in [2.75, 3.05) is 34.4 Å². The van der Waals surface area contributed by atoms with Crippen molar-refractivity contribution in [3.05, 3.63) is 0 Å². The first-order valence-electron chi connectivity index (χ1n) is 24.1. The van der Waals surface area contributed by atoms with E-state index < -0.39 is 0 Å². The van der Waals surface area contributed by atoms with Crippen LogP contribution in [0, 0.1) is 29.6 Å². The number of nitrogens with zero attached hydrogens (tertiary/aromatic N) is 1. The van der Waals surface area contributed by atoms with Crippen LogP contribution in [-0.2, 0) is 19.1 Å². The summed E-state index contributed by atoms with van der Waals surface area (Å²) in [6.07, 6.45) is 43.4. The summed E-state index contributed by atoms with van der Waals surface area (Å²) in [5, 5.41) is 13.9. The third kappa shape index (κ3) is 61.3. The maximum Gasteiger partial charge on any atom is 0.293 e. The van der Waals surface area contributed by atoms with E-state index in [0.717, 1.165) is 31.3 Å². The standard InChI is InChI=1S/C36H75N.C11H22O2.CH2O2.CH4O.CH2O/c1-6-9-12-13-16-19-25-31-36(33-27-34-37(4)5)32-26-21-18-15-14-17-20-24-30-35(28-22-10-7-2)29-23-11-8-3;1-9(2)5-6-11(10(3)4)7-13-8-12;2-1-3;2*1-2/h35-36H,6-34H2,1-5H3;8-11H,5-7H2,1-4H3;1H,(H,2,3);2H,1H3;1H2. The van der Waals surface area contributed by atoms with E-state index in [-0.39, 0.29) is 6.47 Å². The van der Waals surface area contributed by atoms with Gasteiger partial charge in [0, 0.05) is 7.11 Å². The Morgan fingerprint density at radius 3 is 1.11 bits per heavy atom. The van der Waals surface area contributed by atoms with E-state index in [2.05, 4.69) is 67.5 Å². The second-order valence-corrected chi connectivity index (χ2v) is 17.5. The van der Waals surface area contributed by atoms with Crippen LogP contribution in [0.15, 0.2) is 0 Å². The fourth-order valence-corrected chi connectivity index (χ4v) is 7.56. The normalized spacial score (nSPS) is 11.7. The van der Waals surface area contributed by atoms with Gasteiger partial charge >= 0.3 is 0 Å². The molecule has 0 amide bonds. The first kappa shape index (κ1) is 64.7. The molecule has 2 N–H and O–H groups in total. The van der Waals surface area contributed by atoms with Gasteiger partial charge in [-0.05, 0) is 69.5 Å². The largest absolute Gasteiger partial charge is 0.483 e. The number of unbranched alkanes of at least 4 members (excludes halogenated alkanes) is 17. The molecule has 0 saturated heterocycles. The molecule has 0 rings (SSSR count). The number of hydrogen-bond acceptors (Lipinski definition) is 6. The molecule has 346 valence electrons. The molecule has 7 heteroatoms. The van der Waals surface area contributed by atoms with E-state index in [1.54, 1.807) is 0 Å². The number of ether oxygens (including phenoxy) is 1. The lowest BCUT2D eigenvalue weighted by Gasteiger charge is -2.20. The number of aliphatic hydroxyl groups excluding tert-OH is 1. The predicted octanol–water partition coefficient (Wildman–Crippen LogP) is 14.8. The van der Waals surface area contributed by atoms with Crippen LogP contribution in [0.1, 0.15) is 241 Å². The number of carbonyl (C=O) groups excluding carboxylic acids is 2. The van der Waals surface area contributed by atoms with Crippen LogP contribution in [0.3, 0.4) is 0 Å². The van der Waals surface area contributed by atoms with Crippen LogP contribution in [0.25, 0.3) is 0 Å². The second kappa shape index (κ2) is 58.8. The lowest BCUT2D eigenvalue weighted by atomic mass is 9.89. The molecule has 0 aliphatic carbocycles. The third-order valence-electron chi connectivity index (χ3n) is 11.3. The fourth-order valence-electron chi connectivity index (χ4n) is 7.56. The van der Waals surface area contributed by atoms with Gasteiger partial charge in [0.2, 0.25) is 0 Å². The van der Waals surface area contributed by atoms with Crippen molar-refractivity contribution in [3.8, 4) is 0 Å². The van der Waals surface area contributed by atoms with Gasteiger partial charge in [0.05, 0.1) is 6.61 Å². The molecule has 0 aromatic carbocycles. The SMILES string of the molecule is C=O.CC(C)CCC(COC=O)C(C)C.CCCCCCCCCC(CCCCCCCCCCC(CCCCC)CCCCC)CCCN(C)C.CO.O=CO. The van der Waals surface area contributed by atoms with E-state index in [1.807, 2.05) is 6.79 Å². The minimum atomic E-state index is -0.250.